The van der Waals surface area contributed by atoms with Crippen LogP contribution < -0.4 is 11.1 Å². The number of nitrogens with zero attached hydrogens (tertiary/aromatic N) is 1. The molecule has 0 bridgehead atoms. The molecule has 0 atom stereocenters. The Bertz CT molecular complexity index is 746. The highest BCUT2D eigenvalue weighted by Crippen LogP contribution is 2.17. The van der Waals surface area contributed by atoms with Crippen LogP contribution in [0, 0.1) is 0 Å². The van der Waals surface area contributed by atoms with Crippen molar-refractivity contribution in [1.29, 1.82) is 0 Å². The van der Waals surface area contributed by atoms with E-state index in [1.54, 1.807) is 18.3 Å². The Balaban J connectivity index is 1.76. The molecule has 0 aliphatic rings. The second kappa shape index (κ2) is 5.05. The zero-order valence-corrected chi connectivity index (χ0v) is 10.8. The van der Waals surface area contributed by atoms with Crippen LogP contribution in [0.15, 0.2) is 48.8 Å². The summed E-state index contributed by atoms with van der Waals surface area (Å²) in [7, 11) is 0. The highest BCUT2D eigenvalue weighted by Gasteiger charge is 2.03. The van der Waals surface area contributed by atoms with Gasteiger partial charge in [-0.05, 0) is 42.0 Å². The summed E-state index contributed by atoms with van der Waals surface area (Å²) in [6.45, 7) is 0.687. The van der Waals surface area contributed by atoms with Gasteiger partial charge in [-0.1, -0.05) is 0 Å². The topological polar surface area (TPSA) is 83.8 Å². The molecule has 0 radical (unpaired) electrons. The van der Waals surface area contributed by atoms with Crippen molar-refractivity contribution in [2.45, 2.75) is 6.54 Å². The molecule has 3 rings (SSSR count). The van der Waals surface area contributed by atoms with Crippen molar-refractivity contribution in [3.8, 4) is 0 Å². The number of primary amides is 1. The number of hydrogen-bond acceptors (Lipinski definition) is 3. The number of hydrogen-bond donors (Lipinski definition) is 3. The molecule has 5 heteroatoms. The molecular formula is C15H14N4O. The molecule has 0 spiro atoms. The van der Waals surface area contributed by atoms with E-state index in [0.717, 1.165) is 22.3 Å². The molecule has 3 aromatic rings. The van der Waals surface area contributed by atoms with Crippen molar-refractivity contribution in [2.75, 3.05) is 5.32 Å². The predicted octanol–water partition coefficient (Wildman–Crippen LogP) is 2.27. The molecule has 0 saturated heterocycles. The summed E-state index contributed by atoms with van der Waals surface area (Å²) in [5.74, 6) is -0.417. The third-order valence-corrected chi connectivity index (χ3v) is 3.20. The summed E-state index contributed by atoms with van der Waals surface area (Å²) in [4.78, 5) is 18.3. The Morgan fingerprint density at radius 1 is 1.20 bits per heavy atom. The molecular weight excluding hydrogens is 252 g/mol. The molecule has 0 aliphatic heterocycles. The molecule has 2 aromatic heterocycles. The van der Waals surface area contributed by atoms with E-state index in [9.17, 15) is 4.79 Å². The SMILES string of the molecule is NC(=O)c1ccc(NCc2ccnc3[nH]ccc23)cc1. The summed E-state index contributed by atoms with van der Waals surface area (Å²) in [5, 5.41) is 4.42. The third kappa shape index (κ3) is 2.33. The number of carbonyl (C=O) groups excluding carboxylic acids is 1. The summed E-state index contributed by atoms with van der Waals surface area (Å²) in [6.07, 6.45) is 3.66. The number of rotatable bonds is 4. The van der Waals surface area contributed by atoms with Gasteiger partial charge in [-0.3, -0.25) is 4.79 Å². The van der Waals surface area contributed by atoms with Crippen molar-refractivity contribution < 1.29 is 4.79 Å². The first-order valence-corrected chi connectivity index (χ1v) is 6.29. The van der Waals surface area contributed by atoms with Gasteiger partial charge in [-0.15, -0.1) is 0 Å². The Morgan fingerprint density at radius 3 is 2.75 bits per heavy atom. The second-order valence-electron chi connectivity index (χ2n) is 4.51. The first kappa shape index (κ1) is 12.2. The lowest BCUT2D eigenvalue weighted by atomic mass is 10.1. The average molecular weight is 266 g/mol. The third-order valence-electron chi connectivity index (χ3n) is 3.20. The van der Waals surface area contributed by atoms with Crippen molar-refractivity contribution in [2.24, 2.45) is 5.73 Å². The number of aromatic nitrogens is 2. The van der Waals surface area contributed by atoms with Gasteiger partial charge in [0.25, 0.3) is 0 Å². The molecule has 0 saturated carbocycles. The fraction of sp³-hybridized carbons (Fsp3) is 0.0667. The molecule has 4 N–H and O–H groups in total. The average Bonchev–Trinajstić information content (AvgIpc) is 2.94. The van der Waals surface area contributed by atoms with Gasteiger partial charge < -0.3 is 16.0 Å². The number of nitrogens with two attached hydrogens (primary N) is 1. The minimum atomic E-state index is -0.417. The highest BCUT2D eigenvalue weighted by atomic mass is 16.1. The number of amides is 1. The summed E-state index contributed by atoms with van der Waals surface area (Å²) < 4.78 is 0. The number of benzene rings is 1. The van der Waals surface area contributed by atoms with Gasteiger partial charge in [0.1, 0.15) is 5.65 Å². The van der Waals surface area contributed by atoms with Crippen LogP contribution in [0.25, 0.3) is 11.0 Å². The van der Waals surface area contributed by atoms with Crippen LogP contribution in [0.3, 0.4) is 0 Å². The first-order chi connectivity index (χ1) is 9.74. The van der Waals surface area contributed by atoms with Gasteiger partial charge in [0, 0.05) is 35.6 Å². The van der Waals surface area contributed by atoms with Crippen LogP contribution in [0.4, 0.5) is 5.69 Å². The maximum atomic E-state index is 11.0. The zero-order chi connectivity index (χ0) is 13.9. The number of fused-ring (bicyclic) bond motifs is 1. The van der Waals surface area contributed by atoms with Gasteiger partial charge in [0.15, 0.2) is 0 Å². The Kier molecular flexibility index (Phi) is 3.09. The van der Waals surface area contributed by atoms with E-state index in [0.29, 0.717) is 12.1 Å². The van der Waals surface area contributed by atoms with Crippen molar-refractivity contribution in [3.05, 3.63) is 59.9 Å². The standard InChI is InChI=1S/C15H14N4O/c16-14(20)10-1-3-12(4-2-10)19-9-11-5-7-17-15-13(11)6-8-18-15/h1-8,19H,9H2,(H2,16,20)(H,17,18). The number of H-pyrrole nitrogens is 1. The van der Waals surface area contributed by atoms with Crippen molar-refractivity contribution in [1.82, 2.24) is 9.97 Å². The van der Waals surface area contributed by atoms with Crippen LogP contribution in [-0.4, -0.2) is 15.9 Å². The smallest absolute Gasteiger partial charge is 0.248 e. The van der Waals surface area contributed by atoms with Gasteiger partial charge in [0.05, 0.1) is 0 Å². The molecule has 20 heavy (non-hydrogen) atoms. The molecule has 1 aromatic carbocycles. The second-order valence-corrected chi connectivity index (χ2v) is 4.51. The maximum absolute atomic E-state index is 11.0. The van der Waals surface area contributed by atoms with Gasteiger partial charge in [-0.25, -0.2) is 4.98 Å². The van der Waals surface area contributed by atoms with E-state index in [4.69, 9.17) is 5.73 Å². The van der Waals surface area contributed by atoms with E-state index in [1.807, 2.05) is 30.5 Å². The number of anilines is 1. The van der Waals surface area contributed by atoms with Crippen molar-refractivity contribution >= 4 is 22.6 Å². The fourth-order valence-electron chi connectivity index (χ4n) is 2.12. The first-order valence-electron chi connectivity index (χ1n) is 6.29. The number of carbonyl (C=O) groups is 1. The molecule has 0 unspecified atom stereocenters. The van der Waals surface area contributed by atoms with Crippen LogP contribution in [0.2, 0.25) is 0 Å². The molecule has 1 amide bonds. The predicted molar refractivity (Wildman–Crippen MR) is 78.4 cm³/mol. The highest BCUT2D eigenvalue weighted by molar-refractivity contribution is 5.93. The molecule has 100 valence electrons. The normalized spacial score (nSPS) is 10.6. The summed E-state index contributed by atoms with van der Waals surface area (Å²) in [5.41, 5.74) is 8.70. The van der Waals surface area contributed by atoms with E-state index < -0.39 is 5.91 Å². The van der Waals surface area contributed by atoms with E-state index >= 15 is 0 Å². The lowest BCUT2D eigenvalue weighted by molar-refractivity contribution is 0.100. The van der Waals surface area contributed by atoms with E-state index in [1.165, 1.54) is 0 Å². The minimum Gasteiger partial charge on any atom is -0.381 e. The van der Waals surface area contributed by atoms with Crippen LogP contribution in [0.1, 0.15) is 15.9 Å². The molecule has 5 nitrogen and oxygen atoms in total. The Labute approximate surface area is 115 Å². The maximum Gasteiger partial charge on any atom is 0.248 e. The zero-order valence-electron chi connectivity index (χ0n) is 10.8. The molecule has 0 fully saturated rings. The van der Waals surface area contributed by atoms with E-state index in [-0.39, 0.29) is 0 Å². The quantitative estimate of drug-likeness (QED) is 0.677. The lowest BCUT2D eigenvalue weighted by Crippen LogP contribution is -2.10. The number of nitrogens with one attached hydrogen (secondary N) is 2. The van der Waals surface area contributed by atoms with Gasteiger partial charge in [-0.2, -0.15) is 0 Å². The van der Waals surface area contributed by atoms with Gasteiger partial charge >= 0.3 is 0 Å². The van der Waals surface area contributed by atoms with Gasteiger partial charge in [0.2, 0.25) is 5.91 Å². The minimum absolute atomic E-state index is 0.417. The number of pyridine rings is 1. The Hall–Kier alpha value is -2.82. The van der Waals surface area contributed by atoms with Crippen LogP contribution in [-0.2, 0) is 6.54 Å². The fourth-order valence-corrected chi connectivity index (χ4v) is 2.12. The summed E-state index contributed by atoms with van der Waals surface area (Å²) >= 11 is 0. The number of aromatic amines is 1. The summed E-state index contributed by atoms with van der Waals surface area (Å²) in [6, 6.07) is 11.1. The largest absolute Gasteiger partial charge is 0.381 e. The molecule has 2 heterocycles. The van der Waals surface area contributed by atoms with Crippen molar-refractivity contribution in [3.63, 3.8) is 0 Å². The van der Waals surface area contributed by atoms with Crippen LogP contribution in [0.5, 0.6) is 0 Å². The van der Waals surface area contributed by atoms with E-state index in [2.05, 4.69) is 15.3 Å². The molecule has 0 aliphatic carbocycles. The Morgan fingerprint density at radius 2 is 2.00 bits per heavy atom. The monoisotopic (exact) mass is 266 g/mol. The lowest BCUT2D eigenvalue weighted by Gasteiger charge is -2.08. The van der Waals surface area contributed by atoms with Crippen LogP contribution >= 0.6 is 0 Å².